The van der Waals surface area contributed by atoms with Crippen LogP contribution in [0.3, 0.4) is 0 Å². The Morgan fingerprint density at radius 1 is 1.40 bits per heavy atom. The lowest BCUT2D eigenvalue weighted by molar-refractivity contribution is -0.126. The fourth-order valence-corrected chi connectivity index (χ4v) is 3.16. The summed E-state index contributed by atoms with van der Waals surface area (Å²) in [5, 5.41) is 2.99. The Labute approximate surface area is 128 Å². The zero-order valence-corrected chi connectivity index (χ0v) is 13.3. The molecule has 0 radical (unpaired) electrons. The van der Waals surface area contributed by atoms with Gasteiger partial charge in [-0.3, -0.25) is 4.79 Å². The zero-order valence-electron chi connectivity index (χ0n) is 11.7. The third kappa shape index (κ3) is 3.15. The Kier molecular flexibility index (Phi) is 5.05. The third-order valence-corrected chi connectivity index (χ3v) is 4.75. The number of benzene rings is 1. The summed E-state index contributed by atoms with van der Waals surface area (Å²) in [4.78, 5) is 12.6. The Morgan fingerprint density at radius 3 is 2.70 bits per heavy atom. The first kappa shape index (κ1) is 15.3. The molecule has 0 unspecified atom stereocenters. The number of anilines is 1. The first-order valence-electron chi connectivity index (χ1n) is 6.96. The highest BCUT2D eigenvalue weighted by atomic mass is 79.9. The predicted octanol–water partition coefficient (Wildman–Crippen LogP) is 3.31. The molecule has 1 aliphatic rings. The molecule has 0 bridgehead atoms. The van der Waals surface area contributed by atoms with E-state index in [0.717, 1.165) is 35.8 Å². The summed E-state index contributed by atoms with van der Waals surface area (Å²) in [5.41, 5.74) is 6.22. The summed E-state index contributed by atoms with van der Waals surface area (Å²) in [7, 11) is 1.61. The van der Waals surface area contributed by atoms with Crippen molar-refractivity contribution >= 4 is 27.5 Å². The molecule has 20 heavy (non-hydrogen) atoms. The maximum absolute atomic E-state index is 12.6. The summed E-state index contributed by atoms with van der Waals surface area (Å²) in [6, 6.07) is 5.54. The van der Waals surface area contributed by atoms with Crippen LogP contribution in [0.2, 0.25) is 0 Å². The smallest absolute Gasteiger partial charge is 0.231 e. The molecule has 2 rings (SSSR count). The summed E-state index contributed by atoms with van der Waals surface area (Å²) in [6.07, 6.45) is 5.11. The van der Waals surface area contributed by atoms with E-state index in [4.69, 9.17) is 10.5 Å². The van der Waals surface area contributed by atoms with Crippen molar-refractivity contribution in [3.63, 3.8) is 0 Å². The third-order valence-electron chi connectivity index (χ3n) is 4.09. The van der Waals surface area contributed by atoms with Gasteiger partial charge in [-0.05, 0) is 40.9 Å². The average Bonchev–Trinajstić information content (AvgIpc) is 2.49. The van der Waals surface area contributed by atoms with Crippen LogP contribution in [-0.2, 0) is 4.79 Å². The lowest BCUT2D eigenvalue weighted by atomic mass is 9.73. The number of carbonyl (C=O) groups excluding carboxylic acids is 1. The second kappa shape index (κ2) is 6.59. The number of halogens is 1. The molecule has 1 saturated carbocycles. The number of hydrogen-bond donors (Lipinski definition) is 2. The monoisotopic (exact) mass is 340 g/mol. The highest BCUT2D eigenvalue weighted by molar-refractivity contribution is 9.10. The van der Waals surface area contributed by atoms with E-state index in [0.29, 0.717) is 12.3 Å². The molecule has 1 aliphatic carbocycles. The molecule has 5 heteroatoms. The van der Waals surface area contributed by atoms with E-state index < -0.39 is 5.41 Å². The van der Waals surface area contributed by atoms with Gasteiger partial charge >= 0.3 is 0 Å². The number of nitrogens with one attached hydrogen (secondary N) is 1. The Morgan fingerprint density at radius 2 is 2.10 bits per heavy atom. The van der Waals surface area contributed by atoms with Crippen molar-refractivity contribution in [2.24, 2.45) is 11.1 Å². The van der Waals surface area contributed by atoms with Gasteiger partial charge in [-0.2, -0.15) is 0 Å². The topological polar surface area (TPSA) is 64.3 Å². The van der Waals surface area contributed by atoms with Crippen LogP contribution in [-0.4, -0.2) is 19.6 Å². The van der Waals surface area contributed by atoms with Gasteiger partial charge in [0.2, 0.25) is 5.91 Å². The molecule has 0 aromatic heterocycles. The van der Waals surface area contributed by atoms with Gasteiger partial charge in [-0.15, -0.1) is 0 Å². The van der Waals surface area contributed by atoms with Gasteiger partial charge in [0.05, 0.1) is 17.0 Å². The minimum absolute atomic E-state index is 0.0316. The summed E-state index contributed by atoms with van der Waals surface area (Å²) in [5.74, 6) is 0.734. The number of rotatable bonds is 4. The van der Waals surface area contributed by atoms with Gasteiger partial charge in [0.1, 0.15) is 5.75 Å². The van der Waals surface area contributed by atoms with Crippen LogP contribution in [0, 0.1) is 5.41 Å². The van der Waals surface area contributed by atoms with Crippen molar-refractivity contribution in [1.29, 1.82) is 0 Å². The molecule has 0 heterocycles. The number of carbonyl (C=O) groups is 1. The molecular weight excluding hydrogens is 320 g/mol. The maximum Gasteiger partial charge on any atom is 0.231 e. The number of hydrogen-bond acceptors (Lipinski definition) is 3. The molecule has 0 saturated heterocycles. The van der Waals surface area contributed by atoms with Crippen LogP contribution in [0.4, 0.5) is 5.69 Å². The van der Waals surface area contributed by atoms with E-state index in [1.54, 1.807) is 7.11 Å². The molecule has 1 amide bonds. The van der Waals surface area contributed by atoms with Crippen LogP contribution < -0.4 is 15.8 Å². The predicted molar refractivity (Wildman–Crippen MR) is 83.9 cm³/mol. The Hall–Kier alpha value is -1.07. The second-order valence-electron chi connectivity index (χ2n) is 5.35. The number of ether oxygens (including phenoxy) is 1. The fourth-order valence-electron chi connectivity index (χ4n) is 2.75. The molecule has 1 fully saturated rings. The number of nitrogens with two attached hydrogens (primary N) is 1. The fraction of sp³-hybridized carbons (Fsp3) is 0.533. The van der Waals surface area contributed by atoms with Gasteiger partial charge in [0.15, 0.2) is 0 Å². The Bertz CT molecular complexity index is 485. The van der Waals surface area contributed by atoms with Crippen LogP contribution in [0.5, 0.6) is 5.75 Å². The minimum atomic E-state index is -0.404. The second-order valence-corrected chi connectivity index (χ2v) is 6.20. The first-order valence-corrected chi connectivity index (χ1v) is 7.76. The van der Waals surface area contributed by atoms with Gasteiger partial charge in [-0.25, -0.2) is 0 Å². The van der Waals surface area contributed by atoms with Gasteiger partial charge < -0.3 is 15.8 Å². The average molecular weight is 341 g/mol. The van der Waals surface area contributed by atoms with Crippen molar-refractivity contribution in [3.8, 4) is 5.75 Å². The summed E-state index contributed by atoms with van der Waals surface area (Å²) >= 11 is 3.40. The highest BCUT2D eigenvalue weighted by Gasteiger charge is 2.38. The first-order chi connectivity index (χ1) is 9.61. The van der Waals surface area contributed by atoms with Crippen LogP contribution in [0.1, 0.15) is 32.1 Å². The Balaban J connectivity index is 2.14. The van der Waals surface area contributed by atoms with E-state index in [9.17, 15) is 4.79 Å². The van der Waals surface area contributed by atoms with Crippen molar-refractivity contribution in [2.75, 3.05) is 19.0 Å². The van der Waals surface area contributed by atoms with Gasteiger partial charge in [0.25, 0.3) is 0 Å². The number of methoxy groups -OCH3 is 1. The standard InChI is InChI=1S/C15H21BrN2O2/c1-20-13-9-11(5-6-12(13)16)18-14(19)15(10-17)7-3-2-4-8-15/h5-6,9H,2-4,7-8,10,17H2,1H3,(H,18,19). The van der Waals surface area contributed by atoms with Crippen LogP contribution >= 0.6 is 15.9 Å². The van der Waals surface area contributed by atoms with Gasteiger partial charge in [0, 0.05) is 18.3 Å². The quantitative estimate of drug-likeness (QED) is 0.883. The molecule has 110 valence electrons. The van der Waals surface area contributed by atoms with Gasteiger partial charge in [-0.1, -0.05) is 19.3 Å². The van der Waals surface area contributed by atoms with E-state index >= 15 is 0 Å². The summed E-state index contributed by atoms with van der Waals surface area (Å²) in [6.45, 7) is 0.409. The summed E-state index contributed by atoms with van der Waals surface area (Å²) < 4.78 is 6.11. The minimum Gasteiger partial charge on any atom is -0.495 e. The van der Waals surface area contributed by atoms with Crippen LogP contribution in [0.25, 0.3) is 0 Å². The normalized spacial score (nSPS) is 17.6. The van der Waals surface area contributed by atoms with Crippen molar-refractivity contribution in [2.45, 2.75) is 32.1 Å². The molecule has 3 N–H and O–H groups in total. The lowest BCUT2D eigenvalue weighted by Gasteiger charge is -2.34. The van der Waals surface area contributed by atoms with E-state index in [1.165, 1.54) is 6.42 Å². The van der Waals surface area contributed by atoms with E-state index in [2.05, 4.69) is 21.2 Å². The SMILES string of the molecule is COc1cc(NC(=O)C2(CN)CCCCC2)ccc1Br. The highest BCUT2D eigenvalue weighted by Crippen LogP contribution is 2.37. The number of amides is 1. The largest absolute Gasteiger partial charge is 0.495 e. The molecule has 1 aromatic rings. The zero-order chi connectivity index (χ0) is 14.6. The van der Waals surface area contributed by atoms with Crippen molar-refractivity contribution in [3.05, 3.63) is 22.7 Å². The molecule has 4 nitrogen and oxygen atoms in total. The molecule has 1 aromatic carbocycles. The molecule has 0 atom stereocenters. The molecule has 0 spiro atoms. The van der Waals surface area contributed by atoms with Crippen LogP contribution in [0.15, 0.2) is 22.7 Å². The van der Waals surface area contributed by atoms with E-state index in [-0.39, 0.29) is 5.91 Å². The molecular formula is C15H21BrN2O2. The van der Waals surface area contributed by atoms with Crippen molar-refractivity contribution < 1.29 is 9.53 Å². The lowest BCUT2D eigenvalue weighted by Crippen LogP contribution is -2.43. The van der Waals surface area contributed by atoms with Crippen molar-refractivity contribution in [1.82, 2.24) is 0 Å². The maximum atomic E-state index is 12.6. The van der Waals surface area contributed by atoms with E-state index in [1.807, 2.05) is 18.2 Å². The molecule has 0 aliphatic heterocycles.